The molecule has 0 unspecified atom stereocenters. The molecule has 0 aliphatic heterocycles. The quantitative estimate of drug-likeness (QED) is 0.436. The number of imidazole rings is 2. The molecule has 0 saturated heterocycles. The second-order valence-corrected chi connectivity index (χ2v) is 7.07. The molecule has 0 spiro atoms. The third-order valence-electron chi connectivity index (χ3n) is 5.42. The summed E-state index contributed by atoms with van der Waals surface area (Å²) in [6.45, 7) is 0. The molecule has 2 aromatic heterocycles. The highest BCUT2D eigenvalue weighted by molar-refractivity contribution is 5.86. The van der Waals surface area contributed by atoms with Gasteiger partial charge in [0.1, 0.15) is 0 Å². The number of hydrogen-bond acceptors (Lipinski definition) is 1. The summed E-state index contributed by atoms with van der Waals surface area (Å²) in [5.41, 5.74) is 8.22. The summed E-state index contributed by atoms with van der Waals surface area (Å²) in [7, 11) is 6.29. The molecular formula is C23H21N4+. The van der Waals surface area contributed by atoms with Crippen LogP contribution < -0.4 is 4.57 Å². The minimum Gasteiger partial charge on any atom is -0.334 e. The number of aromatic nitrogens is 4. The largest absolute Gasteiger partial charge is 0.334 e. The van der Waals surface area contributed by atoms with Crippen LogP contribution in [0.4, 0.5) is 0 Å². The van der Waals surface area contributed by atoms with Gasteiger partial charge in [-0.15, -0.1) is 0 Å². The molecule has 4 heteroatoms. The van der Waals surface area contributed by atoms with Gasteiger partial charge in [0.15, 0.2) is 11.0 Å². The summed E-state index contributed by atoms with van der Waals surface area (Å²) in [4.78, 5) is 4.50. The average Bonchev–Trinajstić information content (AvgIpc) is 3.19. The summed E-state index contributed by atoms with van der Waals surface area (Å²) < 4.78 is 6.58. The van der Waals surface area contributed by atoms with Gasteiger partial charge >= 0.3 is 0 Å². The van der Waals surface area contributed by atoms with Crippen molar-refractivity contribution in [1.82, 2.24) is 14.1 Å². The number of hydrogen-bond donors (Lipinski definition) is 0. The zero-order valence-corrected chi connectivity index (χ0v) is 15.7. The molecule has 0 fully saturated rings. The Morgan fingerprint density at radius 1 is 0.778 bits per heavy atom. The lowest BCUT2D eigenvalue weighted by molar-refractivity contribution is -0.634. The van der Waals surface area contributed by atoms with E-state index in [0.29, 0.717) is 0 Å². The van der Waals surface area contributed by atoms with Crippen molar-refractivity contribution in [1.29, 1.82) is 0 Å². The highest BCUT2D eigenvalue weighted by Gasteiger charge is 2.22. The molecule has 0 atom stereocenters. The van der Waals surface area contributed by atoms with Gasteiger partial charge in [-0.3, -0.25) is 0 Å². The Bertz CT molecular complexity index is 1290. The Kier molecular flexibility index (Phi) is 3.41. The maximum Gasteiger partial charge on any atom is 0.289 e. The minimum atomic E-state index is 1.03. The molecule has 0 amide bonds. The Balaban J connectivity index is 1.70. The van der Waals surface area contributed by atoms with Gasteiger partial charge in [0, 0.05) is 7.05 Å². The molecule has 0 saturated carbocycles. The molecule has 3 aromatic carbocycles. The van der Waals surface area contributed by atoms with Crippen molar-refractivity contribution in [3.8, 4) is 22.5 Å². The van der Waals surface area contributed by atoms with Crippen LogP contribution in [-0.4, -0.2) is 14.1 Å². The fourth-order valence-corrected chi connectivity index (χ4v) is 4.00. The van der Waals surface area contributed by atoms with E-state index in [-0.39, 0.29) is 0 Å². The Morgan fingerprint density at radius 2 is 1.52 bits per heavy atom. The van der Waals surface area contributed by atoms with Gasteiger partial charge in [0.05, 0.1) is 37.0 Å². The third-order valence-corrected chi connectivity index (χ3v) is 5.42. The SMILES string of the molecule is Cn1cnc2cc(-c3ccc4c(c3)n(C)c(-c3ccccc3)[n+]4C)ccc21. The van der Waals surface area contributed by atoms with E-state index >= 15 is 0 Å². The summed E-state index contributed by atoms with van der Waals surface area (Å²) in [5.74, 6) is 1.20. The lowest BCUT2D eigenvalue weighted by Gasteiger charge is -2.02. The number of benzene rings is 3. The normalized spacial score (nSPS) is 11.5. The lowest BCUT2D eigenvalue weighted by Crippen LogP contribution is -2.29. The van der Waals surface area contributed by atoms with E-state index in [1.165, 1.54) is 33.5 Å². The molecule has 5 rings (SSSR count). The van der Waals surface area contributed by atoms with Crippen molar-refractivity contribution in [2.75, 3.05) is 0 Å². The highest BCUT2D eigenvalue weighted by atomic mass is 15.1. The maximum atomic E-state index is 4.50. The average molecular weight is 353 g/mol. The second kappa shape index (κ2) is 5.81. The first-order chi connectivity index (χ1) is 13.1. The lowest BCUT2D eigenvalue weighted by atomic mass is 10.0. The van der Waals surface area contributed by atoms with Crippen LogP contribution in [0.2, 0.25) is 0 Å². The summed E-state index contributed by atoms with van der Waals surface area (Å²) in [5, 5.41) is 0. The molecule has 0 N–H and O–H groups in total. The smallest absolute Gasteiger partial charge is 0.289 e. The predicted octanol–water partition coefficient (Wildman–Crippen LogP) is 4.22. The van der Waals surface area contributed by atoms with Crippen LogP contribution in [-0.2, 0) is 21.1 Å². The fourth-order valence-electron chi connectivity index (χ4n) is 4.00. The zero-order chi connectivity index (χ0) is 18.5. The van der Waals surface area contributed by atoms with E-state index < -0.39 is 0 Å². The van der Waals surface area contributed by atoms with E-state index in [1.807, 2.05) is 17.9 Å². The molecule has 4 nitrogen and oxygen atoms in total. The predicted molar refractivity (Wildman–Crippen MR) is 109 cm³/mol. The molecule has 0 aliphatic carbocycles. The fraction of sp³-hybridized carbons (Fsp3) is 0.130. The van der Waals surface area contributed by atoms with E-state index in [2.05, 4.69) is 94.9 Å². The third kappa shape index (κ3) is 2.37. The van der Waals surface area contributed by atoms with Crippen molar-refractivity contribution in [2.45, 2.75) is 0 Å². The molecule has 5 aromatic rings. The molecular weight excluding hydrogens is 332 g/mol. The van der Waals surface area contributed by atoms with Crippen LogP contribution in [0.25, 0.3) is 44.6 Å². The van der Waals surface area contributed by atoms with E-state index in [9.17, 15) is 0 Å². The first-order valence-electron chi connectivity index (χ1n) is 9.09. The molecule has 0 aliphatic rings. The van der Waals surface area contributed by atoms with Crippen molar-refractivity contribution in [2.24, 2.45) is 21.1 Å². The number of rotatable bonds is 2. The first-order valence-corrected chi connectivity index (χ1v) is 9.09. The van der Waals surface area contributed by atoms with Crippen LogP contribution in [0.1, 0.15) is 0 Å². The standard InChI is InChI=1S/C23H21N4/c1-25-15-24-19-13-17(9-11-20(19)25)18-10-12-21-22(14-18)27(3)23(26(21)2)16-7-5-4-6-8-16/h4-15H,1-3H3/q+1. The van der Waals surface area contributed by atoms with E-state index in [1.54, 1.807) is 0 Å². The highest BCUT2D eigenvalue weighted by Crippen LogP contribution is 2.28. The second-order valence-electron chi connectivity index (χ2n) is 7.07. The Morgan fingerprint density at radius 3 is 2.33 bits per heavy atom. The number of fused-ring (bicyclic) bond motifs is 2. The Hall–Kier alpha value is -3.40. The summed E-state index contributed by atoms with van der Waals surface area (Å²) in [6.07, 6.45) is 1.86. The van der Waals surface area contributed by atoms with Crippen LogP contribution in [0.5, 0.6) is 0 Å². The van der Waals surface area contributed by atoms with Crippen LogP contribution in [0, 0.1) is 0 Å². The minimum absolute atomic E-state index is 1.03. The van der Waals surface area contributed by atoms with Gasteiger partial charge in [-0.1, -0.05) is 24.3 Å². The molecule has 0 bridgehead atoms. The van der Waals surface area contributed by atoms with Crippen molar-refractivity contribution in [3.05, 3.63) is 73.1 Å². The number of aryl methyl sites for hydroxylation is 3. The maximum absolute atomic E-state index is 4.50. The molecule has 0 radical (unpaired) electrons. The van der Waals surface area contributed by atoms with Crippen LogP contribution in [0.3, 0.4) is 0 Å². The van der Waals surface area contributed by atoms with E-state index in [4.69, 9.17) is 0 Å². The van der Waals surface area contributed by atoms with Gasteiger partial charge in [0.25, 0.3) is 5.82 Å². The van der Waals surface area contributed by atoms with Gasteiger partial charge in [0.2, 0.25) is 0 Å². The Labute approximate surface area is 157 Å². The first kappa shape index (κ1) is 15.8. The monoisotopic (exact) mass is 353 g/mol. The van der Waals surface area contributed by atoms with Gasteiger partial charge in [-0.25, -0.2) is 14.1 Å². The van der Waals surface area contributed by atoms with Crippen LogP contribution >= 0.6 is 0 Å². The van der Waals surface area contributed by atoms with E-state index in [0.717, 1.165) is 11.0 Å². The van der Waals surface area contributed by atoms with Crippen molar-refractivity contribution >= 4 is 22.1 Å². The topological polar surface area (TPSA) is 26.6 Å². The molecule has 132 valence electrons. The van der Waals surface area contributed by atoms with Crippen LogP contribution in [0.15, 0.2) is 73.1 Å². The van der Waals surface area contributed by atoms with Crippen molar-refractivity contribution < 1.29 is 4.57 Å². The van der Waals surface area contributed by atoms with Gasteiger partial charge in [-0.2, -0.15) is 0 Å². The number of nitrogens with zero attached hydrogens (tertiary/aromatic N) is 4. The molecule has 27 heavy (non-hydrogen) atoms. The summed E-state index contributed by atoms with van der Waals surface area (Å²) >= 11 is 0. The summed E-state index contributed by atoms with van der Waals surface area (Å²) in [6, 6.07) is 23.7. The van der Waals surface area contributed by atoms with Crippen molar-refractivity contribution in [3.63, 3.8) is 0 Å². The molecule has 2 heterocycles. The van der Waals surface area contributed by atoms with Gasteiger partial charge < -0.3 is 4.57 Å². The zero-order valence-electron chi connectivity index (χ0n) is 15.7. The van der Waals surface area contributed by atoms with Gasteiger partial charge in [-0.05, 0) is 53.6 Å².